The normalized spacial score (nSPS) is 14.8. The molecule has 0 amide bonds. The molecule has 0 fully saturated rings. The lowest BCUT2D eigenvalue weighted by Crippen LogP contribution is -2.32. The molecule has 0 aliphatic heterocycles. The van der Waals surface area contributed by atoms with Crippen LogP contribution in [0.3, 0.4) is 0 Å². The molecule has 0 radical (unpaired) electrons. The van der Waals surface area contributed by atoms with Crippen molar-refractivity contribution in [2.75, 3.05) is 6.61 Å². The average Bonchev–Trinajstić information content (AvgIpc) is 2.28. The topological polar surface area (TPSA) is 35.2 Å². The van der Waals surface area contributed by atoms with Gasteiger partial charge in [-0.3, -0.25) is 0 Å². The molecular formula is C13H20ClNO. The second kappa shape index (κ2) is 6.89. The first-order valence-electron chi connectivity index (χ1n) is 5.71. The molecule has 2 nitrogen and oxygen atoms in total. The maximum atomic E-state index is 5.97. The van der Waals surface area contributed by atoms with Crippen LogP contribution in [-0.4, -0.2) is 12.6 Å². The van der Waals surface area contributed by atoms with Crippen LogP contribution in [0.15, 0.2) is 24.3 Å². The summed E-state index contributed by atoms with van der Waals surface area (Å²) in [4.78, 5) is 0. The standard InChI is InChI=1S/C13H20ClNO/c1-3-10(2)13(15)9-16-8-11-5-4-6-12(14)7-11/h4-7,10,13H,3,8-9,15H2,1-2H3/t10?,13-/m1/s1. The van der Waals surface area contributed by atoms with Crippen molar-refractivity contribution in [3.63, 3.8) is 0 Å². The first-order chi connectivity index (χ1) is 7.63. The van der Waals surface area contributed by atoms with Crippen LogP contribution in [0.5, 0.6) is 0 Å². The van der Waals surface area contributed by atoms with Gasteiger partial charge in [0.05, 0.1) is 13.2 Å². The van der Waals surface area contributed by atoms with Crippen molar-refractivity contribution in [3.8, 4) is 0 Å². The summed E-state index contributed by atoms with van der Waals surface area (Å²) in [5, 5.41) is 0.743. The maximum Gasteiger partial charge on any atom is 0.0718 e. The number of rotatable bonds is 6. The fourth-order valence-corrected chi connectivity index (χ4v) is 1.62. The molecule has 0 aromatic heterocycles. The molecule has 0 bridgehead atoms. The lowest BCUT2D eigenvalue weighted by molar-refractivity contribution is 0.0947. The van der Waals surface area contributed by atoms with Crippen molar-refractivity contribution >= 4 is 11.6 Å². The predicted octanol–water partition coefficient (Wildman–Crippen LogP) is 3.23. The molecular weight excluding hydrogens is 222 g/mol. The molecule has 16 heavy (non-hydrogen) atoms. The molecule has 1 unspecified atom stereocenters. The van der Waals surface area contributed by atoms with Crippen LogP contribution >= 0.6 is 11.6 Å². The Labute approximate surface area is 103 Å². The van der Waals surface area contributed by atoms with E-state index in [0.29, 0.717) is 19.1 Å². The highest BCUT2D eigenvalue weighted by atomic mass is 35.5. The Bertz CT molecular complexity index is 317. The van der Waals surface area contributed by atoms with Crippen LogP contribution < -0.4 is 5.73 Å². The van der Waals surface area contributed by atoms with Gasteiger partial charge in [-0.1, -0.05) is 44.0 Å². The van der Waals surface area contributed by atoms with E-state index in [2.05, 4.69) is 13.8 Å². The van der Waals surface area contributed by atoms with Crippen LogP contribution in [0, 0.1) is 5.92 Å². The van der Waals surface area contributed by atoms with Gasteiger partial charge in [0.1, 0.15) is 0 Å². The average molecular weight is 242 g/mol. The molecule has 1 rings (SSSR count). The van der Waals surface area contributed by atoms with E-state index in [9.17, 15) is 0 Å². The molecule has 0 heterocycles. The van der Waals surface area contributed by atoms with E-state index < -0.39 is 0 Å². The van der Waals surface area contributed by atoms with Crippen LogP contribution in [0.4, 0.5) is 0 Å². The van der Waals surface area contributed by atoms with E-state index in [4.69, 9.17) is 22.1 Å². The second-order valence-corrected chi connectivity index (χ2v) is 4.63. The SMILES string of the molecule is CCC(C)[C@H](N)COCc1cccc(Cl)c1. The van der Waals surface area contributed by atoms with Gasteiger partial charge in [0, 0.05) is 11.1 Å². The van der Waals surface area contributed by atoms with Crippen LogP contribution in [-0.2, 0) is 11.3 Å². The Morgan fingerprint density at radius 1 is 1.44 bits per heavy atom. The van der Waals surface area contributed by atoms with Crippen LogP contribution in [0.2, 0.25) is 5.02 Å². The highest BCUT2D eigenvalue weighted by Gasteiger charge is 2.10. The minimum atomic E-state index is 0.115. The van der Waals surface area contributed by atoms with Gasteiger partial charge in [-0.25, -0.2) is 0 Å². The first-order valence-corrected chi connectivity index (χ1v) is 6.09. The van der Waals surface area contributed by atoms with E-state index in [1.165, 1.54) is 0 Å². The van der Waals surface area contributed by atoms with E-state index in [1.54, 1.807) is 0 Å². The Balaban J connectivity index is 2.30. The fraction of sp³-hybridized carbons (Fsp3) is 0.538. The number of nitrogens with two attached hydrogens (primary N) is 1. The second-order valence-electron chi connectivity index (χ2n) is 4.19. The van der Waals surface area contributed by atoms with E-state index >= 15 is 0 Å². The van der Waals surface area contributed by atoms with Gasteiger partial charge in [0.15, 0.2) is 0 Å². The third kappa shape index (κ3) is 4.52. The van der Waals surface area contributed by atoms with Crippen molar-refractivity contribution in [2.45, 2.75) is 32.9 Å². The molecule has 0 spiro atoms. The van der Waals surface area contributed by atoms with Gasteiger partial charge in [-0.05, 0) is 23.6 Å². The Kier molecular flexibility index (Phi) is 5.81. The summed E-state index contributed by atoms with van der Waals surface area (Å²) in [6.45, 7) is 5.46. The summed E-state index contributed by atoms with van der Waals surface area (Å²) in [6, 6.07) is 7.81. The summed E-state index contributed by atoms with van der Waals surface area (Å²) in [5.41, 5.74) is 7.06. The zero-order valence-electron chi connectivity index (χ0n) is 9.95. The van der Waals surface area contributed by atoms with Gasteiger partial charge < -0.3 is 10.5 Å². The van der Waals surface area contributed by atoms with Gasteiger partial charge in [0.2, 0.25) is 0 Å². The largest absolute Gasteiger partial charge is 0.375 e. The fourth-order valence-electron chi connectivity index (χ4n) is 1.41. The van der Waals surface area contributed by atoms with Crippen molar-refractivity contribution in [1.29, 1.82) is 0 Å². The summed E-state index contributed by atoms with van der Waals surface area (Å²) in [7, 11) is 0. The minimum Gasteiger partial charge on any atom is -0.375 e. The third-order valence-corrected chi connectivity index (χ3v) is 3.08. The minimum absolute atomic E-state index is 0.115. The Morgan fingerprint density at radius 2 is 2.19 bits per heavy atom. The molecule has 0 aliphatic carbocycles. The van der Waals surface area contributed by atoms with E-state index in [1.807, 2.05) is 24.3 Å². The van der Waals surface area contributed by atoms with Crippen molar-refractivity contribution in [1.82, 2.24) is 0 Å². The molecule has 3 heteroatoms. The van der Waals surface area contributed by atoms with Crippen molar-refractivity contribution < 1.29 is 4.74 Å². The quantitative estimate of drug-likeness (QED) is 0.830. The first kappa shape index (κ1) is 13.5. The number of hydrogen-bond acceptors (Lipinski definition) is 2. The molecule has 90 valence electrons. The highest BCUT2D eigenvalue weighted by Crippen LogP contribution is 2.12. The molecule has 1 aromatic rings. The van der Waals surface area contributed by atoms with Crippen molar-refractivity contribution in [2.24, 2.45) is 11.7 Å². The maximum absolute atomic E-state index is 5.97. The van der Waals surface area contributed by atoms with Crippen LogP contribution in [0.1, 0.15) is 25.8 Å². The van der Waals surface area contributed by atoms with Gasteiger partial charge >= 0.3 is 0 Å². The predicted molar refractivity (Wildman–Crippen MR) is 68.5 cm³/mol. The molecule has 0 aliphatic rings. The number of halogens is 1. The molecule has 2 N–H and O–H groups in total. The lowest BCUT2D eigenvalue weighted by atomic mass is 10.0. The van der Waals surface area contributed by atoms with E-state index in [-0.39, 0.29) is 6.04 Å². The zero-order chi connectivity index (χ0) is 12.0. The lowest BCUT2D eigenvalue weighted by Gasteiger charge is -2.18. The summed E-state index contributed by atoms with van der Waals surface area (Å²) >= 11 is 5.88. The summed E-state index contributed by atoms with van der Waals surface area (Å²) in [5.74, 6) is 0.499. The smallest absolute Gasteiger partial charge is 0.0718 e. The molecule has 0 saturated carbocycles. The van der Waals surface area contributed by atoms with Gasteiger partial charge in [-0.2, -0.15) is 0 Å². The Hall–Kier alpha value is -0.570. The molecule has 0 saturated heterocycles. The molecule has 2 atom stereocenters. The summed E-state index contributed by atoms with van der Waals surface area (Å²) in [6.07, 6.45) is 1.09. The number of benzene rings is 1. The monoisotopic (exact) mass is 241 g/mol. The Morgan fingerprint density at radius 3 is 2.81 bits per heavy atom. The van der Waals surface area contributed by atoms with E-state index in [0.717, 1.165) is 17.0 Å². The van der Waals surface area contributed by atoms with Crippen LogP contribution in [0.25, 0.3) is 0 Å². The highest BCUT2D eigenvalue weighted by molar-refractivity contribution is 6.30. The number of hydrogen-bond donors (Lipinski definition) is 1. The summed E-state index contributed by atoms with van der Waals surface area (Å²) < 4.78 is 5.58. The molecule has 1 aromatic carbocycles. The number of ether oxygens (including phenoxy) is 1. The third-order valence-electron chi connectivity index (χ3n) is 2.84. The van der Waals surface area contributed by atoms with Crippen molar-refractivity contribution in [3.05, 3.63) is 34.9 Å². The van der Waals surface area contributed by atoms with Gasteiger partial charge in [0.25, 0.3) is 0 Å². The zero-order valence-corrected chi connectivity index (χ0v) is 10.7. The van der Waals surface area contributed by atoms with Gasteiger partial charge in [-0.15, -0.1) is 0 Å².